The van der Waals surface area contributed by atoms with E-state index < -0.39 is 17.0 Å². The Balaban J connectivity index is 1.78. The Bertz CT molecular complexity index is 1060. The number of benzene rings is 3. The van der Waals surface area contributed by atoms with Crippen LogP contribution in [0, 0.1) is 10.1 Å². The number of carbonyl (C=O) groups is 1. The SMILES string of the molecule is COc1cc(CO)ccc1C(OO)c1ccc(C(=O)Oc2ccc([N+](=O)[O-])cc2)cc1. The van der Waals surface area contributed by atoms with E-state index in [9.17, 15) is 25.3 Å². The molecule has 0 radical (unpaired) electrons. The lowest BCUT2D eigenvalue weighted by Gasteiger charge is -2.18. The summed E-state index contributed by atoms with van der Waals surface area (Å²) in [6.07, 6.45) is -0.887. The zero-order valence-corrected chi connectivity index (χ0v) is 16.4. The first kappa shape index (κ1) is 21.9. The summed E-state index contributed by atoms with van der Waals surface area (Å²) in [5.41, 5.74) is 1.84. The minimum atomic E-state index is -0.887. The van der Waals surface area contributed by atoms with Crippen molar-refractivity contribution in [2.45, 2.75) is 12.7 Å². The number of nitro benzene ring substituents is 1. The van der Waals surface area contributed by atoms with Crippen molar-refractivity contribution in [3.63, 3.8) is 0 Å². The van der Waals surface area contributed by atoms with Crippen LogP contribution >= 0.6 is 0 Å². The number of hydrogen-bond donors (Lipinski definition) is 2. The maximum absolute atomic E-state index is 12.3. The first-order chi connectivity index (χ1) is 15.0. The number of ether oxygens (including phenoxy) is 2. The van der Waals surface area contributed by atoms with Crippen molar-refractivity contribution in [2.24, 2.45) is 0 Å². The Labute approximate surface area is 177 Å². The summed E-state index contributed by atoms with van der Waals surface area (Å²) in [4.78, 5) is 27.1. The van der Waals surface area contributed by atoms with Gasteiger partial charge in [-0.1, -0.05) is 24.3 Å². The van der Waals surface area contributed by atoms with E-state index in [0.717, 1.165) is 0 Å². The third kappa shape index (κ3) is 5.04. The summed E-state index contributed by atoms with van der Waals surface area (Å²) in [5.74, 6) is -0.0519. The summed E-state index contributed by atoms with van der Waals surface area (Å²) in [5, 5.41) is 29.4. The summed E-state index contributed by atoms with van der Waals surface area (Å²) < 4.78 is 10.5. The number of aliphatic hydroxyl groups excluding tert-OH is 1. The molecule has 0 spiro atoms. The predicted octanol–water partition coefficient (Wildman–Crippen LogP) is 3.89. The lowest BCUT2D eigenvalue weighted by Crippen LogP contribution is -2.10. The molecule has 0 heterocycles. The van der Waals surface area contributed by atoms with E-state index in [0.29, 0.717) is 22.4 Å². The van der Waals surface area contributed by atoms with Crippen LogP contribution in [0.4, 0.5) is 5.69 Å². The number of nitrogens with zero attached hydrogens (tertiary/aromatic N) is 1. The van der Waals surface area contributed by atoms with Crippen LogP contribution in [0.15, 0.2) is 66.7 Å². The van der Waals surface area contributed by atoms with Gasteiger partial charge in [-0.15, -0.1) is 0 Å². The number of methoxy groups -OCH3 is 1. The summed E-state index contributed by atoms with van der Waals surface area (Å²) in [6, 6.07) is 16.3. The van der Waals surface area contributed by atoms with Gasteiger partial charge in [-0.3, -0.25) is 15.4 Å². The van der Waals surface area contributed by atoms with Gasteiger partial charge in [-0.25, -0.2) is 9.68 Å². The molecule has 0 amide bonds. The summed E-state index contributed by atoms with van der Waals surface area (Å²) in [6.45, 7) is -0.160. The van der Waals surface area contributed by atoms with Gasteiger partial charge in [0.1, 0.15) is 17.6 Å². The molecule has 31 heavy (non-hydrogen) atoms. The van der Waals surface area contributed by atoms with Gasteiger partial charge in [0.2, 0.25) is 0 Å². The molecule has 2 N–H and O–H groups in total. The van der Waals surface area contributed by atoms with Gasteiger partial charge in [-0.05, 0) is 41.5 Å². The lowest BCUT2D eigenvalue weighted by molar-refractivity contribution is -0.384. The molecule has 0 saturated heterocycles. The van der Waals surface area contributed by atoms with Crippen LogP contribution in [0.3, 0.4) is 0 Å². The molecule has 0 bridgehead atoms. The minimum Gasteiger partial charge on any atom is -0.496 e. The average molecular weight is 425 g/mol. The lowest BCUT2D eigenvalue weighted by atomic mass is 9.98. The number of non-ortho nitro benzene ring substituents is 1. The molecule has 160 valence electrons. The van der Waals surface area contributed by atoms with Crippen molar-refractivity contribution in [3.8, 4) is 11.5 Å². The number of hydrogen-bond acceptors (Lipinski definition) is 8. The van der Waals surface area contributed by atoms with Gasteiger partial charge >= 0.3 is 5.97 Å². The van der Waals surface area contributed by atoms with Gasteiger partial charge in [0.15, 0.2) is 0 Å². The van der Waals surface area contributed by atoms with Crippen molar-refractivity contribution < 1.29 is 34.4 Å². The molecule has 0 aliphatic heterocycles. The fourth-order valence-corrected chi connectivity index (χ4v) is 2.96. The third-order valence-corrected chi connectivity index (χ3v) is 4.58. The fraction of sp³-hybridized carbons (Fsp3) is 0.136. The van der Waals surface area contributed by atoms with Crippen LogP contribution in [0.25, 0.3) is 0 Å². The van der Waals surface area contributed by atoms with E-state index in [4.69, 9.17) is 9.47 Å². The Morgan fingerprint density at radius 1 is 1.06 bits per heavy atom. The van der Waals surface area contributed by atoms with Crippen LogP contribution in [0.1, 0.15) is 33.2 Å². The predicted molar refractivity (Wildman–Crippen MR) is 109 cm³/mol. The summed E-state index contributed by atoms with van der Waals surface area (Å²) >= 11 is 0. The van der Waals surface area contributed by atoms with E-state index >= 15 is 0 Å². The summed E-state index contributed by atoms with van der Waals surface area (Å²) in [7, 11) is 1.46. The van der Waals surface area contributed by atoms with Crippen molar-refractivity contribution in [2.75, 3.05) is 7.11 Å². The van der Waals surface area contributed by atoms with Gasteiger partial charge < -0.3 is 14.6 Å². The molecular formula is C22H19NO8. The molecule has 0 saturated carbocycles. The second-order valence-corrected chi connectivity index (χ2v) is 6.48. The largest absolute Gasteiger partial charge is 0.496 e. The van der Waals surface area contributed by atoms with Crippen molar-refractivity contribution in [3.05, 3.63) is 99.1 Å². The Morgan fingerprint density at radius 2 is 1.74 bits per heavy atom. The molecule has 3 aromatic rings. The topological polar surface area (TPSA) is 128 Å². The molecular weight excluding hydrogens is 406 g/mol. The molecule has 3 rings (SSSR count). The van der Waals surface area contributed by atoms with Gasteiger partial charge in [0.25, 0.3) is 5.69 Å². The van der Waals surface area contributed by atoms with Crippen molar-refractivity contribution in [1.82, 2.24) is 0 Å². The Hall–Kier alpha value is -3.79. The van der Waals surface area contributed by atoms with Crippen LogP contribution < -0.4 is 9.47 Å². The second-order valence-electron chi connectivity index (χ2n) is 6.48. The number of nitro groups is 1. The molecule has 0 aromatic heterocycles. The van der Waals surface area contributed by atoms with Gasteiger partial charge in [-0.2, -0.15) is 0 Å². The van der Waals surface area contributed by atoms with Gasteiger partial charge in [0.05, 0.1) is 24.2 Å². The monoisotopic (exact) mass is 425 g/mol. The number of carbonyl (C=O) groups excluding carboxylic acids is 1. The number of rotatable bonds is 8. The molecule has 3 aromatic carbocycles. The van der Waals surface area contributed by atoms with Crippen molar-refractivity contribution >= 4 is 11.7 Å². The highest BCUT2D eigenvalue weighted by atomic mass is 17.1. The quantitative estimate of drug-likeness (QED) is 0.183. The smallest absolute Gasteiger partial charge is 0.343 e. The van der Waals surface area contributed by atoms with E-state index in [1.165, 1.54) is 43.5 Å². The van der Waals surface area contributed by atoms with Crippen LogP contribution in [-0.4, -0.2) is 28.4 Å². The molecule has 0 aliphatic carbocycles. The van der Waals surface area contributed by atoms with E-state index in [2.05, 4.69) is 4.89 Å². The molecule has 9 heteroatoms. The highest BCUT2D eigenvalue weighted by Gasteiger charge is 2.21. The molecule has 0 fully saturated rings. The Kier molecular flexibility index (Phi) is 6.93. The van der Waals surface area contributed by atoms with Crippen molar-refractivity contribution in [1.29, 1.82) is 0 Å². The van der Waals surface area contributed by atoms with Gasteiger partial charge in [0, 0.05) is 17.7 Å². The zero-order chi connectivity index (χ0) is 22.4. The number of esters is 1. The second kappa shape index (κ2) is 9.81. The molecule has 9 nitrogen and oxygen atoms in total. The maximum Gasteiger partial charge on any atom is 0.343 e. The average Bonchev–Trinajstić information content (AvgIpc) is 2.80. The normalized spacial score (nSPS) is 11.6. The maximum atomic E-state index is 12.3. The molecule has 0 aliphatic rings. The first-order valence-electron chi connectivity index (χ1n) is 9.11. The van der Waals surface area contributed by atoms with Crippen LogP contribution in [0.5, 0.6) is 11.5 Å². The van der Waals surface area contributed by atoms with E-state index in [1.54, 1.807) is 30.3 Å². The zero-order valence-electron chi connectivity index (χ0n) is 16.4. The van der Waals surface area contributed by atoms with Crippen LogP contribution in [0.2, 0.25) is 0 Å². The third-order valence-electron chi connectivity index (χ3n) is 4.58. The number of aliphatic hydroxyl groups is 1. The van der Waals surface area contributed by atoms with E-state index in [-0.39, 0.29) is 23.6 Å². The first-order valence-corrected chi connectivity index (χ1v) is 9.11. The highest BCUT2D eigenvalue weighted by molar-refractivity contribution is 5.91. The fourth-order valence-electron chi connectivity index (χ4n) is 2.96. The van der Waals surface area contributed by atoms with E-state index in [1.807, 2.05) is 0 Å². The minimum absolute atomic E-state index is 0.110. The van der Waals surface area contributed by atoms with Crippen LogP contribution in [-0.2, 0) is 11.5 Å². The molecule has 1 unspecified atom stereocenters. The molecule has 1 atom stereocenters. The standard InChI is InChI=1S/C22H19NO8/c1-29-20-12-14(13-24)2-11-19(20)21(31-28)15-3-5-16(6-4-15)22(25)30-18-9-7-17(8-10-18)23(26)27/h2-12,21,24,28H,13H2,1H3. The highest BCUT2D eigenvalue weighted by Crippen LogP contribution is 2.33. The Morgan fingerprint density at radius 3 is 2.29 bits per heavy atom.